The number of guanidine groups is 1. The Balaban J connectivity index is 1.99. The van der Waals surface area contributed by atoms with Crippen molar-refractivity contribution in [1.82, 2.24) is 14.9 Å². The van der Waals surface area contributed by atoms with Crippen LogP contribution in [0.2, 0.25) is 5.02 Å². The average Bonchev–Trinajstić information content (AvgIpc) is 2.64. The number of aliphatic imine (C=N–C) groups is 1. The molecule has 0 aliphatic rings. The van der Waals surface area contributed by atoms with E-state index in [1.807, 2.05) is 36.2 Å². The summed E-state index contributed by atoms with van der Waals surface area (Å²) in [5, 5.41) is 3.98. The number of rotatable bonds is 6. The lowest BCUT2D eigenvalue weighted by Crippen LogP contribution is -2.38. The Bertz CT molecular complexity index is 867. The van der Waals surface area contributed by atoms with Crippen LogP contribution in [0, 0.1) is 0 Å². The van der Waals surface area contributed by atoms with Gasteiger partial charge < -0.3 is 10.2 Å². The van der Waals surface area contributed by atoms with Gasteiger partial charge in [-0.2, -0.15) is 0 Å². The summed E-state index contributed by atoms with van der Waals surface area (Å²) in [4.78, 5) is 6.49. The molecule has 6 nitrogen and oxygen atoms in total. The van der Waals surface area contributed by atoms with E-state index in [4.69, 9.17) is 11.6 Å². The molecular formula is C18H23ClN4O2S. The van der Waals surface area contributed by atoms with E-state index >= 15 is 0 Å². The second-order valence-electron chi connectivity index (χ2n) is 5.70. The highest BCUT2D eigenvalue weighted by Crippen LogP contribution is 2.16. The third kappa shape index (κ3) is 5.20. The maximum atomic E-state index is 11.8. The Morgan fingerprint density at radius 1 is 1.15 bits per heavy atom. The number of sulfonamides is 1. The zero-order valence-electron chi connectivity index (χ0n) is 15.0. The minimum absolute atomic E-state index is 0.240. The summed E-state index contributed by atoms with van der Waals surface area (Å²) < 4.78 is 25.8. The Morgan fingerprint density at radius 2 is 1.81 bits per heavy atom. The maximum Gasteiger partial charge on any atom is 0.240 e. The summed E-state index contributed by atoms with van der Waals surface area (Å²) in [5.41, 5.74) is 1.97. The number of hydrogen-bond acceptors (Lipinski definition) is 3. The molecule has 0 aliphatic carbocycles. The van der Waals surface area contributed by atoms with Gasteiger partial charge in [-0.15, -0.1) is 0 Å². The highest BCUT2D eigenvalue weighted by atomic mass is 35.5. The molecule has 8 heteroatoms. The lowest BCUT2D eigenvalue weighted by molar-refractivity contribution is 0.476. The largest absolute Gasteiger partial charge is 0.352 e. The second kappa shape index (κ2) is 9.02. The van der Waals surface area contributed by atoms with Crippen molar-refractivity contribution in [1.29, 1.82) is 0 Å². The van der Waals surface area contributed by atoms with Crippen molar-refractivity contribution in [3.05, 3.63) is 64.7 Å². The topological polar surface area (TPSA) is 73.8 Å². The number of hydrogen-bond donors (Lipinski definition) is 2. The van der Waals surface area contributed by atoms with Crippen molar-refractivity contribution in [3.63, 3.8) is 0 Å². The lowest BCUT2D eigenvalue weighted by atomic mass is 10.2. The van der Waals surface area contributed by atoms with Gasteiger partial charge in [0.1, 0.15) is 0 Å². The van der Waals surface area contributed by atoms with E-state index in [-0.39, 0.29) is 4.90 Å². The van der Waals surface area contributed by atoms with E-state index in [0.29, 0.717) is 13.1 Å². The Labute approximate surface area is 159 Å². The molecule has 2 rings (SSSR count). The molecule has 2 N–H and O–H groups in total. The van der Waals surface area contributed by atoms with Gasteiger partial charge in [0, 0.05) is 32.2 Å². The fraction of sp³-hybridized carbons (Fsp3) is 0.278. The number of halogens is 1. The van der Waals surface area contributed by atoms with Crippen LogP contribution in [-0.2, 0) is 23.1 Å². The first-order valence-electron chi connectivity index (χ1n) is 8.05. The molecule has 2 aromatic rings. The van der Waals surface area contributed by atoms with Crippen LogP contribution in [0.15, 0.2) is 58.4 Å². The smallest absolute Gasteiger partial charge is 0.240 e. The van der Waals surface area contributed by atoms with Crippen LogP contribution in [0.1, 0.15) is 11.1 Å². The molecule has 140 valence electrons. The number of benzene rings is 2. The first kappa shape index (κ1) is 20.2. The number of nitrogens with one attached hydrogen (secondary N) is 2. The van der Waals surface area contributed by atoms with Crippen molar-refractivity contribution < 1.29 is 8.42 Å². The van der Waals surface area contributed by atoms with Crippen LogP contribution in [-0.4, -0.2) is 40.4 Å². The minimum Gasteiger partial charge on any atom is -0.352 e. The highest BCUT2D eigenvalue weighted by Gasteiger charge is 2.11. The summed E-state index contributed by atoms with van der Waals surface area (Å²) in [7, 11) is 1.62. The molecule has 0 amide bonds. The molecule has 0 radical (unpaired) electrons. The van der Waals surface area contributed by atoms with Gasteiger partial charge in [0.05, 0.1) is 4.90 Å². The van der Waals surface area contributed by atoms with Gasteiger partial charge in [-0.25, -0.2) is 13.1 Å². The van der Waals surface area contributed by atoms with Crippen LogP contribution < -0.4 is 10.0 Å². The summed E-state index contributed by atoms with van der Waals surface area (Å²) in [6.07, 6.45) is 0. The van der Waals surface area contributed by atoms with Crippen molar-refractivity contribution >= 4 is 27.6 Å². The van der Waals surface area contributed by atoms with Crippen LogP contribution in [0.5, 0.6) is 0 Å². The van der Waals surface area contributed by atoms with Gasteiger partial charge in [-0.3, -0.25) is 4.99 Å². The van der Waals surface area contributed by atoms with E-state index < -0.39 is 10.0 Å². The summed E-state index contributed by atoms with van der Waals surface area (Å²) in [6.45, 7) is 1.15. The molecule has 26 heavy (non-hydrogen) atoms. The number of nitrogens with zero attached hydrogens (tertiary/aromatic N) is 2. The van der Waals surface area contributed by atoms with Gasteiger partial charge in [-0.1, -0.05) is 41.9 Å². The summed E-state index contributed by atoms with van der Waals surface area (Å²) in [5.74, 6) is 0.719. The van der Waals surface area contributed by atoms with Gasteiger partial charge in [0.2, 0.25) is 10.0 Å². The van der Waals surface area contributed by atoms with Gasteiger partial charge in [-0.05, 0) is 36.4 Å². The molecule has 0 bridgehead atoms. The summed E-state index contributed by atoms with van der Waals surface area (Å²) >= 11 is 6.21. The third-order valence-electron chi connectivity index (χ3n) is 3.89. The van der Waals surface area contributed by atoms with Crippen LogP contribution in [0.3, 0.4) is 0 Å². The van der Waals surface area contributed by atoms with Crippen molar-refractivity contribution in [2.45, 2.75) is 18.0 Å². The fourth-order valence-electron chi connectivity index (χ4n) is 2.43. The Hall–Kier alpha value is -2.09. The van der Waals surface area contributed by atoms with E-state index in [0.717, 1.165) is 22.1 Å². The first-order valence-corrected chi connectivity index (χ1v) is 9.91. The zero-order chi connectivity index (χ0) is 19.2. The maximum absolute atomic E-state index is 11.8. The SMILES string of the molecule is CN=C(NCc1ccc(S(=O)(=O)NC)cc1)N(C)Cc1ccccc1Cl. The third-order valence-corrected chi connectivity index (χ3v) is 5.69. The van der Waals surface area contributed by atoms with Gasteiger partial charge >= 0.3 is 0 Å². The predicted molar refractivity (Wildman–Crippen MR) is 106 cm³/mol. The molecule has 0 saturated heterocycles. The van der Waals surface area contributed by atoms with Gasteiger partial charge in [0.25, 0.3) is 0 Å². The molecule has 0 aromatic heterocycles. The molecule has 0 heterocycles. The van der Waals surface area contributed by atoms with Crippen LogP contribution in [0.4, 0.5) is 0 Å². The van der Waals surface area contributed by atoms with Gasteiger partial charge in [0.15, 0.2) is 5.96 Å². The highest BCUT2D eigenvalue weighted by molar-refractivity contribution is 7.89. The van der Waals surface area contributed by atoms with Crippen molar-refractivity contribution in [2.24, 2.45) is 4.99 Å². The van der Waals surface area contributed by atoms with Crippen molar-refractivity contribution in [3.8, 4) is 0 Å². The lowest BCUT2D eigenvalue weighted by Gasteiger charge is -2.22. The molecule has 2 aromatic carbocycles. The molecule has 0 atom stereocenters. The van der Waals surface area contributed by atoms with E-state index in [9.17, 15) is 8.42 Å². The van der Waals surface area contributed by atoms with E-state index in [1.54, 1.807) is 31.3 Å². The molecular weight excluding hydrogens is 372 g/mol. The molecule has 0 spiro atoms. The van der Waals surface area contributed by atoms with E-state index in [1.165, 1.54) is 7.05 Å². The normalized spacial score (nSPS) is 12.1. The monoisotopic (exact) mass is 394 g/mol. The molecule has 0 saturated carbocycles. The van der Waals surface area contributed by atoms with Crippen LogP contribution in [0.25, 0.3) is 0 Å². The minimum atomic E-state index is -3.42. The fourth-order valence-corrected chi connectivity index (χ4v) is 3.35. The van der Waals surface area contributed by atoms with Crippen LogP contribution >= 0.6 is 11.6 Å². The molecule has 0 fully saturated rings. The Morgan fingerprint density at radius 3 is 2.38 bits per heavy atom. The first-order chi connectivity index (χ1) is 12.4. The average molecular weight is 395 g/mol. The van der Waals surface area contributed by atoms with Crippen molar-refractivity contribution in [2.75, 3.05) is 21.1 Å². The second-order valence-corrected chi connectivity index (χ2v) is 7.99. The molecule has 0 unspecified atom stereocenters. The molecule has 0 aliphatic heterocycles. The zero-order valence-corrected chi connectivity index (χ0v) is 16.6. The summed E-state index contributed by atoms with van der Waals surface area (Å²) in [6, 6.07) is 14.4. The predicted octanol–water partition coefficient (Wildman–Crippen LogP) is 2.46. The van der Waals surface area contributed by atoms with E-state index in [2.05, 4.69) is 15.0 Å². The quantitative estimate of drug-likeness (QED) is 0.583. The standard InChI is InChI=1S/C18H23ClN4O2S/c1-20-18(23(3)13-15-6-4-5-7-17(15)19)22-12-14-8-10-16(11-9-14)26(24,25)21-2/h4-11,21H,12-13H2,1-3H3,(H,20,22). The Kier molecular flexibility index (Phi) is 7.02.